The summed E-state index contributed by atoms with van der Waals surface area (Å²) in [5, 5.41) is 0. The van der Waals surface area contributed by atoms with Crippen LogP contribution in [0.5, 0.6) is 5.75 Å². The molecule has 4 heteroatoms. The van der Waals surface area contributed by atoms with Gasteiger partial charge in [0.1, 0.15) is 0 Å². The Hall–Kier alpha value is -2.36. The van der Waals surface area contributed by atoms with Gasteiger partial charge in [-0.3, -0.25) is 4.79 Å². The number of hydrogen-bond acceptors (Lipinski definition) is 2. The summed E-state index contributed by atoms with van der Waals surface area (Å²) in [7, 11) is 0. The Morgan fingerprint density at radius 2 is 1.78 bits per heavy atom. The van der Waals surface area contributed by atoms with Crippen molar-refractivity contribution in [3.05, 3.63) is 66.0 Å². The van der Waals surface area contributed by atoms with Crippen molar-refractivity contribution in [2.75, 3.05) is 19.7 Å². The van der Waals surface area contributed by atoms with Gasteiger partial charge in [-0.15, -0.1) is 0 Å². The SMILES string of the molecule is CCN(CCc1ccccc1)C(=O)CCOc1ccccc1F. The summed E-state index contributed by atoms with van der Waals surface area (Å²) in [6, 6.07) is 16.3. The highest BCUT2D eigenvalue weighted by molar-refractivity contribution is 5.76. The number of nitrogens with zero attached hydrogens (tertiary/aromatic N) is 1. The zero-order valence-electron chi connectivity index (χ0n) is 13.4. The molecule has 0 N–H and O–H groups in total. The molecule has 0 aliphatic heterocycles. The van der Waals surface area contributed by atoms with E-state index in [1.807, 2.05) is 25.1 Å². The zero-order valence-corrected chi connectivity index (χ0v) is 13.4. The van der Waals surface area contributed by atoms with Crippen LogP contribution in [0.2, 0.25) is 0 Å². The number of halogens is 1. The second kappa shape index (κ2) is 8.93. The molecule has 2 aromatic rings. The first-order chi connectivity index (χ1) is 11.2. The van der Waals surface area contributed by atoms with Crippen LogP contribution in [0.15, 0.2) is 54.6 Å². The first kappa shape index (κ1) is 17.0. The number of hydrogen-bond donors (Lipinski definition) is 0. The molecule has 3 nitrogen and oxygen atoms in total. The summed E-state index contributed by atoms with van der Waals surface area (Å²) in [6.45, 7) is 3.48. The van der Waals surface area contributed by atoms with Gasteiger partial charge in [-0.2, -0.15) is 0 Å². The number of amides is 1. The lowest BCUT2D eigenvalue weighted by atomic mass is 10.1. The van der Waals surface area contributed by atoms with Gasteiger partial charge in [0.25, 0.3) is 0 Å². The molecule has 0 bridgehead atoms. The van der Waals surface area contributed by atoms with Crippen LogP contribution in [-0.4, -0.2) is 30.5 Å². The number of benzene rings is 2. The van der Waals surface area contributed by atoms with Crippen molar-refractivity contribution < 1.29 is 13.9 Å². The third-order valence-electron chi connectivity index (χ3n) is 3.66. The monoisotopic (exact) mass is 315 g/mol. The molecule has 2 rings (SSSR count). The van der Waals surface area contributed by atoms with E-state index in [-0.39, 0.29) is 24.7 Å². The fourth-order valence-electron chi connectivity index (χ4n) is 2.34. The van der Waals surface area contributed by atoms with Gasteiger partial charge in [0, 0.05) is 13.1 Å². The van der Waals surface area contributed by atoms with Gasteiger partial charge in [-0.25, -0.2) is 4.39 Å². The van der Waals surface area contributed by atoms with E-state index in [0.29, 0.717) is 13.1 Å². The highest BCUT2D eigenvalue weighted by Crippen LogP contribution is 2.15. The van der Waals surface area contributed by atoms with Crippen LogP contribution < -0.4 is 4.74 Å². The number of para-hydroxylation sites is 1. The van der Waals surface area contributed by atoms with Crippen LogP contribution in [0.3, 0.4) is 0 Å². The molecule has 0 atom stereocenters. The normalized spacial score (nSPS) is 10.3. The maximum absolute atomic E-state index is 13.4. The van der Waals surface area contributed by atoms with E-state index < -0.39 is 5.82 Å². The Balaban J connectivity index is 1.77. The van der Waals surface area contributed by atoms with Gasteiger partial charge in [-0.1, -0.05) is 42.5 Å². The predicted octanol–water partition coefficient (Wildman–Crippen LogP) is 3.69. The van der Waals surface area contributed by atoms with Crippen LogP contribution in [0, 0.1) is 5.82 Å². The van der Waals surface area contributed by atoms with E-state index in [2.05, 4.69) is 12.1 Å². The van der Waals surface area contributed by atoms with E-state index in [4.69, 9.17) is 4.74 Å². The largest absolute Gasteiger partial charge is 0.490 e. The van der Waals surface area contributed by atoms with Gasteiger partial charge < -0.3 is 9.64 Å². The third kappa shape index (κ3) is 5.40. The Morgan fingerprint density at radius 1 is 1.09 bits per heavy atom. The minimum absolute atomic E-state index is 0.0276. The van der Waals surface area contributed by atoms with Crippen LogP contribution >= 0.6 is 0 Å². The number of rotatable bonds is 8. The van der Waals surface area contributed by atoms with Crippen molar-refractivity contribution in [3.63, 3.8) is 0 Å². The van der Waals surface area contributed by atoms with Gasteiger partial charge in [0.05, 0.1) is 13.0 Å². The molecule has 0 unspecified atom stereocenters. The number of likely N-dealkylation sites (N-methyl/N-ethyl adjacent to an activating group) is 1. The molecule has 0 radical (unpaired) electrons. The van der Waals surface area contributed by atoms with Crippen LogP contribution in [0.25, 0.3) is 0 Å². The molecule has 1 amide bonds. The number of carbonyl (C=O) groups excluding carboxylic acids is 1. The Bertz CT molecular complexity index is 616. The molecule has 0 aliphatic carbocycles. The predicted molar refractivity (Wildman–Crippen MR) is 88.9 cm³/mol. The van der Waals surface area contributed by atoms with Gasteiger partial charge in [0.2, 0.25) is 5.91 Å². The average molecular weight is 315 g/mol. The van der Waals surface area contributed by atoms with Gasteiger partial charge in [-0.05, 0) is 31.0 Å². The van der Waals surface area contributed by atoms with Crippen molar-refractivity contribution in [1.29, 1.82) is 0 Å². The minimum Gasteiger partial charge on any atom is -0.490 e. The van der Waals surface area contributed by atoms with E-state index in [9.17, 15) is 9.18 Å². The Labute approximate surface area is 136 Å². The van der Waals surface area contributed by atoms with Crippen molar-refractivity contribution in [1.82, 2.24) is 4.90 Å². The first-order valence-corrected chi connectivity index (χ1v) is 7.89. The maximum atomic E-state index is 13.4. The Kier molecular flexibility index (Phi) is 6.60. The fourth-order valence-corrected chi connectivity index (χ4v) is 2.34. The second-order valence-electron chi connectivity index (χ2n) is 5.24. The van der Waals surface area contributed by atoms with Crippen LogP contribution in [-0.2, 0) is 11.2 Å². The lowest BCUT2D eigenvalue weighted by molar-refractivity contribution is -0.131. The molecule has 2 aromatic carbocycles. The van der Waals surface area contributed by atoms with Gasteiger partial charge in [0.15, 0.2) is 11.6 Å². The van der Waals surface area contributed by atoms with Crippen LogP contribution in [0.1, 0.15) is 18.9 Å². The molecule has 0 spiro atoms. The van der Waals surface area contributed by atoms with Crippen molar-refractivity contribution in [2.24, 2.45) is 0 Å². The van der Waals surface area contributed by atoms with Crippen LogP contribution in [0.4, 0.5) is 4.39 Å². The number of ether oxygens (including phenoxy) is 1. The van der Waals surface area contributed by atoms with Gasteiger partial charge >= 0.3 is 0 Å². The molecular formula is C19H22FNO2. The molecule has 122 valence electrons. The fraction of sp³-hybridized carbons (Fsp3) is 0.316. The minimum atomic E-state index is -0.406. The van der Waals surface area contributed by atoms with Crippen molar-refractivity contribution >= 4 is 5.91 Å². The smallest absolute Gasteiger partial charge is 0.225 e. The molecule has 0 saturated carbocycles. The summed E-state index contributed by atoms with van der Waals surface area (Å²) in [5.74, 6) is -0.191. The van der Waals surface area contributed by atoms with Crippen molar-refractivity contribution in [3.8, 4) is 5.75 Å². The highest BCUT2D eigenvalue weighted by atomic mass is 19.1. The van der Waals surface area contributed by atoms with E-state index in [0.717, 1.165) is 6.42 Å². The third-order valence-corrected chi connectivity index (χ3v) is 3.66. The van der Waals surface area contributed by atoms with E-state index in [1.165, 1.54) is 11.6 Å². The summed E-state index contributed by atoms with van der Waals surface area (Å²) in [5.41, 5.74) is 1.21. The topological polar surface area (TPSA) is 29.5 Å². The Morgan fingerprint density at radius 3 is 2.48 bits per heavy atom. The number of carbonyl (C=O) groups is 1. The summed E-state index contributed by atoms with van der Waals surface area (Å²) < 4.78 is 18.8. The molecular weight excluding hydrogens is 293 g/mol. The first-order valence-electron chi connectivity index (χ1n) is 7.89. The molecule has 0 saturated heterocycles. The average Bonchev–Trinajstić information content (AvgIpc) is 2.58. The van der Waals surface area contributed by atoms with E-state index in [1.54, 1.807) is 23.1 Å². The summed E-state index contributed by atoms with van der Waals surface area (Å²) in [6.07, 6.45) is 1.07. The molecule has 23 heavy (non-hydrogen) atoms. The van der Waals surface area contributed by atoms with Crippen molar-refractivity contribution in [2.45, 2.75) is 19.8 Å². The lowest BCUT2D eigenvalue weighted by Gasteiger charge is -2.21. The second-order valence-corrected chi connectivity index (χ2v) is 5.24. The van der Waals surface area contributed by atoms with E-state index >= 15 is 0 Å². The highest BCUT2D eigenvalue weighted by Gasteiger charge is 2.12. The molecule has 0 aromatic heterocycles. The molecule has 0 fully saturated rings. The summed E-state index contributed by atoms with van der Waals surface area (Å²) >= 11 is 0. The zero-order chi connectivity index (χ0) is 16.5. The summed E-state index contributed by atoms with van der Waals surface area (Å²) in [4.78, 5) is 14.0. The molecule has 0 aliphatic rings. The molecule has 0 heterocycles. The quantitative estimate of drug-likeness (QED) is 0.743. The maximum Gasteiger partial charge on any atom is 0.225 e. The lowest BCUT2D eigenvalue weighted by Crippen LogP contribution is -2.33. The standard InChI is InChI=1S/C19H22FNO2/c1-2-21(14-12-16-8-4-3-5-9-16)19(22)13-15-23-18-11-7-6-10-17(18)20/h3-11H,2,12-15H2,1H3.